The molecule has 164 valence electrons. The third-order valence-corrected chi connectivity index (χ3v) is 5.20. The number of hydrogen-bond acceptors (Lipinski definition) is 8. The van der Waals surface area contributed by atoms with Crippen molar-refractivity contribution in [3.05, 3.63) is 76.3 Å². The summed E-state index contributed by atoms with van der Waals surface area (Å²) in [7, 11) is 4.04. The molecular formula is C22H24N8O2. The molecule has 0 spiro atoms. The SMILES string of the molecule is C[C@@H](Nc1ccc([N+](=O)[O-])c(Nc2ccc3n[nH]nc3c2)n1)[C@H](c1ccccc1)N(C)C. The number of rotatable bonds is 8. The van der Waals surface area contributed by atoms with Gasteiger partial charge in [-0.2, -0.15) is 15.4 Å². The zero-order valence-corrected chi connectivity index (χ0v) is 18.0. The van der Waals surface area contributed by atoms with Crippen LogP contribution in [0.2, 0.25) is 0 Å². The van der Waals surface area contributed by atoms with Crippen LogP contribution in [0.4, 0.5) is 23.0 Å². The molecule has 10 heteroatoms. The van der Waals surface area contributed by atoms with Crippen LogP contribution in [0.3, 0.4) is 0 Å². The summed E-state index contributed by atoms with van der Waals surface area (Å²) in [5, 5.41) is 28.6. The molecule has 4 aromatic rings. The Morgan fingerprint density at radius 3 is 2.50 bits per heavy atom. The third kappa shape index (κ3) is 4.49. The van der Waals surface area contributed by atoms with E-state index in [-0.39, 0.29) is 23.6 Å². The first-order chi connectivity index (χ1) is 15.4. The van der Waals surface area contributed by atoms with E-state index in [1.807, 2.05) is 32.3 Å². The van der Waals surface area contributed by atoms with Crippen LogP contribution in [0, 0.1) is 10.1 Å². The summed E-state index contributed by atoms with van der Waals surface area (Å²) in [6.07, 6.45) is 0. The van der Waals surface area contributed by atoms with Crippen LogP contribution in [0.5, 0.6) is 0 Å². The van der Waals surface area contributed by atoms with Crippen LogP contribution < -0.4 is 10.6 Å². The molecule has 10 nitrogen and oxygen atoms in total. The molecule has 0 aliphatic heterocycles. The van der Waals surface area contributed by atoms with Gasteiger partial charge in [-0.05, 0) is 50.8 Å². The lowest BCUT2D eigenvalue weighted by Crippen LogP contribution is -2.34. The highest BCUT2D eigenvalue weighted by atomic mass is 16.6. The largest absolute Gasteiger partial charge is 0.366 e. The Bertz CT molecular complexity index is 1230. The van der Waals surface area contributed by atoms with Gasteiger partial charge in [-0.3, -0.25) is 10.1 Å². The second kappa shape index (κ2) is 8.98. The van der Waals surface area contributed by atoms with Crippen LogP contribution in [-0.4, -0.2) is 50.4 Å². The molecule has 0 saturated heterocycles. The molecule has 2 atom stereocenters. The summed E-state index contributed by atoms with van der Waals surface area (Å²) in [6.45, 7) is 2.06. The molecular weight excluding hydrogens is 408 g/mol. The first-order valence-electron chi connectivity index (χ1n) is 10.1. The lowest BCUT2D eigenvalue weighted by molar-refractivity contribution is -0.384. The van der Waals surface area contributed by atoms with Crippen molar-refractivity contribution in [1.82, 2.24) is 25.3 Å². The van der Waals surface area contributed by atoms with E-state index in [0.29, 0.717) is 22.5 Å². The molecule has 2 heterocycles. The van der Waals surface area contributed by atoms with E-state index >= 15 is 0 Å². The van der Waals surface area contributed by atoms with Gasteiger partial charge in [-0.25, -0.2) is 4.98 Å². The topological polar surface area (TPSA) is 125 Å². The maximum Gasteiger partial charge on any atom is 0.311 e. The fourth-order valence-electron chi connectivity index (χ4n) is 3.82. The molecule has 0 saturated carbocycles. The monoisotopic (exact) mass is 432 g/mol. The molecule has 0 bridgehead atoms. The normalized spacial score (nSPS) is 13.1. The van der Waals surface area contributed by atoms with E-state index in [1.165, 1.54) is 11.6 Å². The summed E-state index contributed by atoms with van der Waals surface area (Å²) in [4.78, 5) is 17.8. The molecule has 4 rings (SSSR count). The summed E-state index contributed by atoms with van der Waals surface area (Å²) < 4.78 is 0. The van der Waals surface area contributed by atoms with E-state index < -0.39 is 4.92 Å². The average Bonchev–Trinajstić information content (AvgIpc) is 3.22. The third-order valence-electron chi connectivity index (χ3n) is 5.20. The minimum atomic E-state index is -0.455. The van der Waals surface area contributed by atoms with Gasteiger partial charge in [-0.15, -0.1) is 0 Å². The molecule has 0 aliphatic carbocycles. The van der Waals surface area contributed by atoms with E-state index in [4.69, 9.17) is 0 Å². The highest BCUT2D eigenvalue weighted by Crippen LogP contribution is 2.30. The molecule has 0 aliphatic rings. The Hall–Kier alpha value is -4.05. The number of fused-ring (bicyclic) bond motifs is 1. The number of nitrogens with zero attached hydrogens (tertiary/aromatic N) is 5. The van der Waals surface area contributed by atoms with Crippen molar-refractivity contribution in [1.29, 1.82) is 0 Å². The van der Waals surface area contributed by atoms with Crippen LogP contribution in [0.1, 0.15) is 18.5 Å². The molecule has 0 unspecified atom stereocenters. The zero-order valence-electron chi connectivity index (χ0n) is 18.0. The van der Waals surface area contributed by atoms with Crippen molar-refractivity contribution >= 4 is 34.0 Å². The predicted octanol–water partition coefficient (Wildman–Crippen LogP) is 4.11. The maximum atomic E-state index is 11.6. The van der Waals surface area contributed by atoms with Gasteiger partial charge < -0.3 is 15.5 Å². The molecule has 32 heavy (non-hydrogen) atoms. The number of aromatic amines is 1. The number of benzene rings is 2. The average molecular weight is 432 g/mol. The van der Waals surface area contributed by atoms with E-state index in [0.717, 1.165) is 0 Å². The Morgan fingerprint density at radius 1 is 1.03 bits per heavy atom. The Balaban J connectivity index is 1.61. The van der Waals surface area contributed by atoms with Crippen LogP contribution in [0.15, 0.2) is 60.7 Å². The highest BCUT2D eigenvalue weighted by Gasteiger charge is 2.23. The zero-order chi connectivity index (χ0) is 22.7. The molecule has 2 aromatic carbocycles. The number of nitrogens with one attached hydrogen (secondary N) is 3. The molecule has 0 amide bonds. The number of aromatic nitrogens is 4. The smallest absolute Gasteiger partial charge is 0.311 e. The summed E-state index contributed by atoms with van der Waals surface area (Å²) in [5.41, 5.74) is 3.03. The van der Waals surface area contributed by atoms with Gasteiger partial charge in [0.15, 0.2) is 0 Å². The predicted molar refractivity (Wildman–Crippen MR) is 124 cm³/mol. The first kappa shape index (κ1) is 21.2. The van der Waals surface area contributed by atoms with Crippen LogP contribution in [-0.2, 0) is 0 Å². The number of anilines is 3. The van der Waals surface area contributed by atoms with Crippen LogP contribution >= 0.6 is 0 Å². The van der Waals surface area contributed by atoms with Crippen LogP contribution in [0.25, 0.3) is 11.0 Å². The fraction of sp³-hybridized carbons (Fsp3) is 0.227. The Labute approximate surface area is 184 Å². The van der Waals surface area contributed by atoms with E-state index in [9.17, 15) is 10.1 Å². The summed E-state index contributed by atoms with van der Waals surface area (Å²) in [6, 6.07) is 18.6. The minimum Gasteiger partial charge on any atom is -0.366 e. The lowest BCUT2D eigenvalue weighted by Gasteiger charge is -2.31. The fourth-order valence-corrected chi connectivity index (χ4v) is 3.82. The van der Waals surface area contributed by atoms with Crippen molar-refractivity contribution in [3.8, 4) is 0 Å². The lowest BCUT2D eigenvalue weighted by atomic mass is 9.99. The van der Waals surface area contributed by atoms with Crippen molar-refractivity contribution < 1.29 is 4.92 Å². The quantitative estimate of drug-likeness (QED) is 0.281. The van der Waals surface area contributed by atoms with Gasteiger partial charge >= 0.3 is 5.69 Å². The summed E-state index contributed by atoms with van der Waals surface area (Å²) >= 11 is 0. The molecule has 2 aromatic heterocycles. The number of hydrogen-bond donors (Lipinski definition) is 3. The molecule has 0 radical (unpaired) electrons. The van der Waals surface area contributed by atoms with Crippen molar-refractivity contribution in [3.63, 3.8) is 0 Å². The van der Waals surface area contributed by atoms with Gasteiger partial charge in [-0.1, -0.05) is 30.3 Å². The standard InChI is InChI=1S/C22H24N8O2/c1-14(21(29(2)3)15-7-5-4-6-8-15)23-20-12-11-19(30(31)32)22(25-20)24-16-9-10-17-18(13-16)27-28-26-17/h4-14,21H,1-3H3,(H2,23,24,25)(H,26,27,28)/t14-,21-/m1/s1. The van der Waals surface area contributed by atoms with Crippen molar-refractivity contribution in [2.75, 3.05) is 24.7 Å². The maximum absolute atomic E-state index is 11.6. The Morgan fingerprint density at radius 2 is 1.78 bits per heavy atom. The van der Waals surface area contributed by atoms with Gasteiger partial charge in [0.1, 0.15) is 16.9 Å². The first-order valence-corrected chi connectivity index (χ1v) is 10.1. The minimum absolute atomic E-state index is 0.0133. The van der Waals surface area contributed by atoms with E-state index in [2.05, 4.69) is 55.0 Å². The van der Waals surface area contributed by atoms with Crippen molar-refractivity contribution in [2.24, 2.45) is 0 Å². The second-order valence-electron chi connectivity index (χ2n) is 7.73. The Kier molecular flexibility index (Phi) is 5.95. The van der Waals surface area contributed by atoms with Gasteiger partial charge in [0, 0.05) is 17.8 Å². The van der Waals surface area contributed by atoms with Gasteiger partial charge in [0.2, 0.25) is 5.82 Å². The number of likely N-dealkylation sites (N-methyl/N-ethyl adjacent to an activating group) is 1. The molecule has 3 N–H and O–H groups in total. The highest BCUT2D eigenvalue weighted by molar-refractivity contribution is 5.80. The second-order valence-corrected chi connectivity index (χ2v) is 7.73. The summed E-state index contributed by atoms with van der Waals surface area (Å²) in [5.74, 6) is 0.687. The van der Waals surface area contributed by atoms with Gasteiger partial charge in [0.05, 0.1) is 11.0 Å². The van der Waals surface area contributed by atoms with Gasteiger partial charge in [0.25, 0.3) is 0 Å². The number of H-pyrrole nitrogens is 1. The number of pyridine rings is 1. The number of nitro groups is 1. The van der Waals surface area contributed by atoms with E-state index in [1.54, 1.807) is 24.3 Å². The van der Waals surface area contributed by atoms with Crippen molar-refractivity contribution in [2.45, 2.75) is 19.0 Å². The molecule has 0 fully saturated rings.